The largest absolute Gasteiger partial charge is 0.475 e. The van der Waals surface area contributed by atoms with Gasteiger partial charge in [0.2, 0.25) is 11.8 Å². The predicted molar refractivity (Wildman–Crippen MR) is 83.8 cm³/mol. The average molecular weight is 283 g/mol. The molecule has 0 radical (unpaired) electrons. The third-order valence-corrected chi connectivity index (χ3v) is 3.57. The summed E-state index contributed by atoms with van der Waals surface area (Å²) in [6.07, 6.45) is 2.16. The van der Waals surface area contributed by atoms with Crippen LogP contribution in [0, 0.1) is 6.92 Å². The summed E-state index contributed by atoms with van der Waals surface area (Å²) in [4.78, 5) is 8.92. The third kappa shape index (κ3) is 3.32. The number of hydrogen-bond donors (Lipinski definition) is 1. The minimum absolute atomic E-state index is 0.114. The molecule has 0 aliphatic heterocycles. The van der Waals surface area contributed by atoms with Gasteiger partial charge >= 0.3 is 0 Å². The van der Waals surface area contributed by atoms with Crippen LogP contribution in [0.25, 0.3) is 0 Å². The summed E-state index contributed by atoms with van der Waals surface area (Å²) < 4.78 is 5.67. The Labute approximate surface area is 125 Å². The Kier molecular flexibility index (Phi) is 3.78. The summed E-state index contributed by atoms with van der Waals surface area (Å²) in [7, 11) is 0. The molecule has 1 N–H and O–H groups in total. The van der Waals surface area contributed by atoms with Gasteiger partial charge in [-0.25, -0.2) is 4.98 Å². The van der Waals surface area contributed by atoms with Crippen LogP contribution in [0.15, 0.2) is 30.3 Å². The van der Waals surface area contributed by atoms with Gasteiger partial charge in [0.1, 0.15) is 0 Å². The number of rotatable bonds is 4. The second kappa shape index (κ2) is 5.72. The van der Waals surface area contributed by atoms with Gasteiger partial charge in [-0.15, -0.1) is 0 Å². The fraction of sp³-hybridized carbons (Fsp3) is 0.412. The second-order valence-electron chi connectivity index (χ2n) is 5.86. The van der Waals surface area contributed by atoms with E-state index in [-0.39, 0.29) is 6.10 Å². The topological polar surface area (TPSA) is 47.0 Å². The lowest BCUT2D eigenvalue weighted by Crippen LogP contribution is -2.21. The lowest BCUT2D eigenvalue weighted by molar-refractivity contribution is 0.232. The number of aryl methyl sites for hydroxylation is 1. The van der Waals surface area contributed by atoms with E-state index in [1.807, 2.05) is 26.8 Å². The van der Waals surface area contributed by atoms with Gasteiger partial charge in [-0.3, -0.25) is 0 Å². The van der Waals surface area contributed by atoms with Crippen molar-refractivity contribution in [1.82, 2.24) is 9.97 Å². The Balaban J connectivity index is 1.73. The first-order valence-electron chi connectivity index (χ1n) is 7.46. The quantitative estimate of drug-likeness (QED) is 0.936. The average Bonchev–Trinajstić information content (AvgIpc) is 2.78. The SMILES string of the molecule is Cc1cc(OC(C)C)nc(NC2Cc3ccccc3C2)n1. The molecule has 0 amide bonds. The maximum Gasteiger partial charge on any atom is 0.226 e. The number of aromatic nitrogens is 2. The first-order valence-corrected chi connectivity index (χ1v) is 7.46. The Morgan fingerprint density at radius 1 is 1.14 bits per heavy atom. The van der Waals surface area contributed by atoms with Crippen LogP contribution in [0.5, 0.6) is 5.88 Å². The molecule has 0 fully saturated rings. The zero-order chi connectivity index (χ0) is 14.8. The van der Waals surface area contributed by atoms with E-state index in [1.165, 1.54) is 11.1 Å². The molecule has 1 aromatic heterocycles. The Morgan fingerprint density at radius 3 is 2.43 bits per heavy atom. The Bertz CT molecular complexity index is 615. The van der Waals surface area contributed by atoms with Crippen molar-refractivity contribution >= 4 is 5.95 Å². The van der Waals surface area contributed by atoms with Crippen LogP contribution in [0.3, 0.4) is 0 Å². The van der Waals surface area contributed by atoms with E-state index in [2.05, 4.69) is 39.6 Å². The van der Waals surface area contributed by atoms with E-state index in [4.69, 9.17) is 4.74 Å². The summed E-state index contributed by atoms with van der Waals surface area (Å²) in [5.74, 6) is 1.29. The number of benzene rings is 1. The number of fused-ring (bicyclic) bond motifs is 1. The van der Waals surface area contributed by atoms with Crippen molar-refractivity contribution in [3.8, 4) is 5.88 Å². The van der Waals surface area contributed by atoms with Crippen LogP contribution in [-0.2, 0) is 12.8 Å². The monoisotopic (exact) mass is 283 g/mol. The molecule has 1 heterocycles. The number of nitrogens with one attached hydrogen (secondary N) is 1. The summed E-state index contributed by atoms with van der Waals surface area (Å²) in [5, 5.41) is 3.44. The van der Waals surface area contributed by atoms with Gasteiger partial charge in [0, 0.05) is 17.8 Å². The molecule has 0 atom stereocenters. The lowest BCUT2D eigenvalue weighted by Gasteiger charge is -2.14. The van der Waals surface area contributed by atoms with Crippen molar-refractivity contribution < 1.29 is 4.74 Å². The minimum Gasteiger partial charge on any atom is -0.475 e. The number of anilines is 1. The maximum atomic E-state index is 5.67. The van der Waals surface area contributed by atoms with Crippen molar-refractivity contribution in [2.24, 2.45) is 0 Å². The molecule has 21 heavy (non-hydrogen) atoms. The van der Waals surface area contributed by atoms with E-state index in [9.17, 15) is 0 Å². The highest BCUT2D eigenvalue weighted by molar-refractivity contribution is 5.39. The van der Waals surface area contributed by atoms with E-state index < -0.39 is 0 Å². The molecule has 2 aromatic rings. The van der Waals surface area contributed by atoms with Gasteiger partial charge < -0.3 is 10.1 Å². The van der Waals surface area contributed by atoms with Gasteiger partial charge in [0.25, 0.3) is 0 Å². The molecule has 0 saturated carbocycles. The fourth-order valence-corrected chi connectivity index (χ4v) is 2.75. The predicted octanol–water partition coefficient (Wildman–Crippen LogP) is 3.15. The van der Waals surface area contributed by atoms with Crippen molar-refractivity contribution in [2.45, 2.75) is 45.8 Å². The Hall–Kier alpha value is -2.10. The molecule has 3 rings (SSSR count). The van der Waals surface area contributed by atoms with Crippen molar-refractivity contribution in [3.63, 3.8) is 0 Å². The van der Waals surface area contributed by atoms with Gasteiger partial charge in [0.05, 0.1) is 6.10 Å². The van der Waals surface area contributed by atoms with E-state index >= 15 is 0 Å². The van der Waals surface area contributed by atoms with Crippen molar-refractivity contribution in [1.29, 1.82) is 0 Å². The molecule has 0 saturated heterocycles. The third-order valence-electron chi connectivity index (χ3n) is 3.57. The smallest absolute Gasteiger partial charge is 0.226 e. The highest BCUT2D eigenvalue weighted by Gasteiger charge is 2.21. The van der Waals surface area contributed by atoms with Gasteiger partial charge in [-0.05, 0) is 44.7 Å². The van der Waals surface area contributed by atoms with Crippen LogP contribution in [0.2, 0.25) is 0 Å². The van der Waals surface area contributed by atoms with E-state index in [0.717, 1.165) is 18.5 Å². The number of hydrogen-bond acceptors (Lipinski definition) is 4. The summed E-state index contributed by atoms with van der Waals surface area (Å²) in [5.41, 5.74) is 3.75. The molecule has 1 aliphatic rings. The first kappa shape index (κ1) is 13.9. The van der Waals surface area contributed by atoms with Gasteiger partial charge in [-0.2, -0.15) is 4.98 Å². The summed E-state index contributed by atoms with van der Waals surface area (Å²) in [6.45, 7) is 5.96. The zero-order valence-electron chi connectivity index (χ0n) is 12.8. The second-order valence-corrected chi connectivity index (χ2v) is 5.86. The fourth-order valence-electron chi connectivity index (χ4n) is 2.75. The first-order chi connectivity index (χ1) is 10.1. The van der Waals surface area contributed by atoms with Crippen LogP contribution in [0.1, 0.15) is 30.7 Å². The molecule has 1 aromatic carbocycles. The molecule has 110 valence electrons. The van der Waals surface area contributed by atoms with Gasteiger partial charge in [-0.1, -0.05) is 24.3 Å². The number of nitrogens with zero attached hydrogens (tertiary/aromatic N) is 2. The Morgan fingerprint density at radius 2 is 1.81 bits per heavy atom. The maximum absolute atomic E-state index is 5.67. The van der Waals surface area contributed by atoms with E-state index in [0.29, 0.717) is 17.9 Å². The standard InChI is InChI=1S/C17H21N3O/c1-11(2)21-16-8-12(3)18-17(20-16)19-15-9-13-6-4-5-7-14(13)10-15/h4-8,11,15H,9-10H2,1-3H3,(H,18,19,20). The van der Waals surface area contributed by atoms with Gasteiger partial charge in [0.15, 0.2) is 0 Å². The molecule has 1 aliphatic carbocycles. The van der Waals surface area contributed by atoms with Crippen molar-refractivity contribution in [2.75, 3.05) is 5.32 Å². The minimum atomic E-state index is 0.114. The van der Waals surface area contributed by atoms with Crippen LogP contribution in [-0.4, -0.2) is 22.1 Å². The van der Waals surface area contributed by atoms with Crippen molar-refractivity contribution in [3.05, 3.63) is 47.2 Å². The summed E-state index contributed by atoms with van der Waals surface area (Å²) >= 11 is 0. The molecule has 4 nitrogen and oxygen atoms in total. The highest BCUT2D eigenvalue weighted by atomic mass is 16.5. The van der Waals surface area contributed by atoms with Crippen LogP contribution < -0.4 is 10.1 Å². The highest BCUT2D eigenvalue weighted by Crippen LogP contribution is 2.24. The molecule has 4 heteroatoms. The zero-order valence-corrected chi connectivity index (χ0v) is 12.8. The van der Waals surface area contributed by atoms with E-state index in [1.54, 1.807) is 0 Å². The molecule has 0 unspecified atom stereocenters. The van der Waals surface area contributed by atoms with Crippen LogP contribution in [0.4, 0.5) is 5.95 Å². The summed E-state index contributed by atoms with van der Waals surface area (Å²) in [6, 6.07) is 10.8. The molecule has 0 spiro atoms. The molecule has 0 bridgehead atoms. The molecular formula is C17H21N3O. The normalized spacial score (nSPS) is 14.3. The lowest BCUT2D eigenvalue weighted by atomic mass is 10.1. The molecular weight excluding hydrogens is 262 g/mol. The number of ether oxygens (including phenoxy) is 1. The van der Waals surface area contributed by atoms with Crippen LogP contribution >= 0.6 is 0 Å².